The second-order valence-corrected chi connectivity index (χ2v) is 3.98. The highest BCUT2D eigenvalue weighted by Gasteiger charge is 2.11. The molecule has 0 radical (unpaired) electrons. The number of hydrogen-bond acceptors (Lipinski definition) is 1. The second-order valence-electron chi connectivity index (χ2n) is 3.98. The van der Waals surface area contributed by atoms with Crippen molar-refractivity contribution in [3.63, 3.8) is 0 Å². The van der Waals surface area contributed by atoms with Crippen LogP contribution in [0, 0.1) is 0 Å². The fourth-order valence-electron chi connectivity index (χ4n) is 1.76. The number of benzene rings is 1. The summed E-state index contributed by atoms with van der Waals surface area (Å²) in [6.07, 6.45) is 3.80. The zero-order valence-electron chi connectivity index (χ0n) is 10.2. The van der Waals surface area contributed by atoms with Crippen LogP contribution >= 0.6 is 0 Å². The third-order valence-corrected chi connectivity index (χ3v) is 2.44. The summed E-state index contributed by atoms with van der Waals surface area (Å²) >= 11 is 0. The lowest BCUT2D eigenvalue weighted by Gasteiger charge is -2.14. The average molecular weight is 214 g/mol. The van der Waals surface area contributed by atoms with E-state index in [0.717, 1.165) is 27.8 Å². The molecule has 0 spiro atoms. The van der Waals surface area contributed by atoms with Crippen molar-refractivity contribution in [1.82, 2.24) is 0 Å². The first-order valence-corrected chi connectivity index (χ1v) is 5.29. The maximum Gasteiger partial charge on any atom is 0.123 e. The zero-order valence-corrected chi connectivity index (χ0v) is 10.2. The Hall–Kier alpha value is -1.76. The van der Waals surface area contributed by atoms with E-state index in [1.165, 1.54) is 0 Å². The Kier molecular flexibility index (Phi) is 3.73. The predicted octanol–water partition coefficient (Wildman–Crippen LogP) is 4.49. The molecule has 1 rings (SSSR count). The standard InChI is InChI=1S/C15H18O/c1-6-7-13-14(16)9-8-12(10(2)3)15(13)11(4)5/h6-9,16H,2,4H2,1,3,5H3/b7-6-. The van der Waals surface area contributed by atoms with Gasteiger partial charge < -0.3 is 5.11 Å². The molecular weight excluding hydrogens is 196 g/mol. The van der Waals surface area contributed by atoms with Gasteiger partial charge in [-0.25, -0.2) is 0 Å². The molecule has 0 saturated heterocycles. The van der Waals surface area contributed by atoms with E-state index < -0.39 is 0 Å². The van der Waals surface area contributed by atoms with Gasteiger partial charge in [0.15, 0.2) is 0 Å². The van der Waals surface area contributed by atoms with Gasteiger partial charge in [-0.15, -0.1) is 0 Å². The van der Waals surface area contributed by atoms with Gasteiger partial charge in [-0.2, -0.15) is 0 Å². The van der Waals surface area contributed by atoms with Gasteiger partial charge in [-0.05, 0) is 43.5 Å². The first-order valence-electron chi connectivity index (χ1n) is 5.29. The van der Waals surface area contributed by atoms with Crippen LogP contribution in [-0.4, -0.2) is 5.11 Å². The summed E-state index contributed by atoms with van der Waals surface area (Å²) in [4.78, 5) is 0. The van der Waals surface area contributed by atoms with Crippen molar-refractivity contribution in [2.75, 3.05) is 0 Å². The predicted molar refractivity (Wildman–Crippen MR) is 72.2 cm³/mol. The van der Waals surface area contributed by atoms with E-state index in [1.54, 1.807) is 6.07 Å². The van der Waals surface area contributed by atoms with Crippen molar-refractivity contribution in [2.24, 2.45) is 0 Å². The van der Waals surface area contributed by atoms with Crippen LogP contribution in [0.15, 0.2) is 31.4 Å². The Bertz CT molecular complexity index is 465. The first-order chi connectivity index (χ1) is 7.49. The maximum atomic E-state index is 9.86. The second kappa shape index (κ2) is 4.84. The van der Waals surface area contributed by atoms with E-state index in [-0.39, 0.29) is 5.75 Å². The molecule has 0 aliphatic rings. The van der Waals surface area contributed by atoms with Gasteiger partial charge in [0.05, 0.1) is 0 Å². The van der Waals surface area contributed by atoms with Crippen LogP contribution in [0.2, 0.25) is 0 Å². The van der Waals surface area contributed by atoms with Crippen molar-refractivity contribution in [2.45, 2.75) is 20.8 Å². The van der Waals surface area contributed by atoms with Gasteiger partial charge in [-0.3, -0.25) is 0 Å². The fourth-order valence-corrected chi connectivity index (χ4v) is 1.76. The molecule has 0 aromatic heterocycles. The average Bonchev–Trinajstić information content (AvgIpc) is 2.20. The minimum Gasteiger partial charge on any atom is -0.507 e. The molecule has 0 unspecified atom stereocenters. The highest BCUT2D eigenvalue weighted by atomic mass is 16.3. The third kappa shape index (κ3) is 2.25. The molecule has 0 aliphatic carbocycles. The van der Waals surface area contributed by atoms with E-state index in [4.69, 9.17) is 0 Å². The normalized spacial score (nSPS) is 10.7. The van der Waals surface area contributed by atoms with Crippen LogP contribution in [-0.2, 0) is 0 Å². The molecule has 0 atom stereocenters. The summed E-state index contributed by atoms with van der Waals surface area (Å²) in [6.45, 7) is 13.7. The molecule has 1 aromatic carbocycles. The van der Waals surface area contributed by atoms with Crippen LogP contribution < -0.4 is 0 Å². The summed E-state index contributed by atoms with van der Waals surface area (Å²) in [5.74, 6) is 0.279. The van der Waals surface area contributed by atoms with E-state index in [2.05, 4.69) is 13.2 Å². The summed E-state index contributed by atoms with van der Waals surface area (Å²) in [5, 5.41) is 9.86. The minimum absolute atomic E-state index is 0.279. The summed E-state index contributed by atoms with van der Waals surface area (Å²) in [6, 6.07) is 3.58. The number of aromatic hydroxyl groups is 1. The molecule has 0 heterocycles. The van der Waals surface area contributed by atoms with Crippen molar-refractivity contribution >= 4 is 17.2 Å². The fraction of sp³-hybridized carbons (Fsp3) is 0.200. The molecule has 1 nitrogen and oxygen atoms in total. The lowest BCUT2D eigenvalue weighted by atomic mass is 9.91. The van der Waals surface area contributed by atoms with Crippen molar-refractivity contribution in [1.29, 1.82) is 0 Å². The Morgan fingerprint density at radius 3 is 2.25 bits per heavy atom. The number of rotatable bonds is 3. The quantitative estimate of drug-likeness (QED) is 0.785. The number of allylic oxidation sites excluding steroid dienone is 3. The first kappa shape index (κ1) is 12.3. The highest BCUT2D eigenvalue weighted by molar-refractivity contribution is 5.84. The number of phenols is 1. The molecule has 0 aliphatic heterocycles. The SMILES string of the molecule is C=C(C)c1ccc(O)c(/C=C\C)c1C(=C)C. The molecule has 1 N–H and O–H groups in total. The van der Waals surface area contributed by atoms with Crippen LogP contribution in [0.25, 0.3) is 17.2 Å². The van der Waals surface area contributed by atoms with E-state index in [0.29, 0.717) is 0 Å². The van der Waals surface area contributed by atoms with Crippen LogP contribution in [0.3, 0.4) is 0 Å². The van der Waals surface area contributed by atoms with E-state index >= 15 is 0 Å². The smallest absolute Gasteiger partial charge is 0.123 e. The van der Waals surface area contributed by atoms with Crippen LogP contribution in [0.4, 0.5) is 0 Å². The van der Waals surface area contributed by atoms with E-state index in [9.17, 15) is 5.11 Å². The Labute approximate surface area is 97.4 Å². The molecule has 1 heteroatoms. The van der Waals surface area contributed by atoms with Gasteiger partial charge in [-0.1, -0.05) is 36.9 Å². The molecule has 84 valence electrons. The molecule has 0 fully saturated rings. The highest BCUT2D eigenvalue weighted by Crippen LogP contribution is 2.33. The molecular formula is C15H18O. The molecule has 1 aromatic rings. The van der Waals surface area contributed by atoms with Gasteiger partial charge >= 0.3 is 0 Å². The summed E-state index contributed by atoms with van der Waals surface area (Å²) < 4.78 is 0. The maximum absolute atomic E-state index is 9.86. The zero-order chi connectivity index (χ0) is 12.3. The van der Waals surface area contributed by atoms with Crippen LogP contribution in [0.5, 0.6) is 5.75 Å². The summed E-state index contributed by atoms with van der Waals surface area (Å²) in [7, 11) is 0. The lowest BCUT2D eigenvalue weighted by molar-refractivity contribution is 0.474. The lowest BCUT2D eigenvalue weighted by Crippen LogP contribution is -1.93. The van der Waals surface area contributed by atoms with Gasteiger partial charge in [0.2, 0.25) is 0 Å². The number of phenolic OH excluding ortho intramolecular Hbond substituents is 1. The molecule has 0 saturated carbocycles. The van der Waals surface area contributed by atoms with E-state index in [1.807, 2.05) is 39.0 Å². The third-order valence-electron chi connectivity index (χ3n) is 2.44. The van der Waals surface area contributed by atoms with Gasteiger partial charge in [0, 0.05) is 5.56 Å². The largest absolute Gasteiger partial charge is 0.507 e. The van der Waals surface area contributed by atoms with Crippen molar-refractivity contribution in [3.05, 3.63) is 48.1 Å². The number of hydrogen-bond donors (Lipinski definition) is 1. The Balaban J connectivity index is 3.62. The van der Waals surface area contributed by atoms with Gasteiger partial charge in [0.25, 0.3) is 0 Å². The van der Waals surface area contributed by atoms with Crippen LogP contribution in [0.1, 0.15) is 37.5 Å². The topological polar surface area (TPSA) is 20.2 Å². The monoisotopic (exact) mass is 214 g/mol. The van der Waals surface area contributed by atoms with Crippen molar-refractivity contribution in [3.8, 4) is 5.75 Å². The van der Waals surface area contributed by atoms with Crippen molar-refractivity contribution < 1.29 is 5.11 Å². The molecule has 16 heavy (non-hydrogen) atoms. The molecule has 0 amide bonds. The van der Waals surface area contributed by atoms with Gasteiger partial charge in [0.1, 0.15) is 5.75 Å². The minimum atomic E-state index is 0.279. The Morgan fingerprint density at radius 1 is 1.19 bits per heavy atom. The molecule has 0 bridgehead atoms. The summed E-state index contributed by atoms with van der Waals surface area (Å²) in [5.41, 5.74) is 4.74. The Morgan fingerprint density at radius 2 is 1.81 bits per heavy atom.